The van der Waals surface area contributed by atoms with Crippen LogP contribution in [0.4, 0.5) is 4.79 Å². The van der Waals surface area contributed by atoms with E-state index in [0.717, 1.165) is 32.4 Å². The van der Waals surface area contributed by atoms with Crippen LogP contribution in [-0.2, 0) is 9.84 Å². The average Bonchev–Trinajstić information content (AvgIpc) is 3.15. The number of sulfone groups is 1. The monoisotopic (exact) mass is 329 g/mol. The molecule has 2 amide bonds. The molecular weight excluding hydrogens is 302 g/mol. The number of amides is 2. The van der Waals surface area contributed by atoms with E-state index in [1.807, 2.05) is 6.92 Å². The SMILES string of the molecule is CC(NC(=O)NCC1(CS(C)(=O)=O)CC1)C1=CCN(C)CC1. The first-order valence-corrected chi connectivity index (χ1v) is 9.85. The lowest BCUT2D eigenvalue weighted by atomic mass is 10.0. The van der Waals surface area contributed by atoms with E-state index < -0.39 is 9.84 Å². The van der Waals surface area contributed by atoms with Crippen LogP contribution in [0.1, 0.15) is 26.2 Å². The van der Waals surface area contributed by atoms with Crippen molar-refractivity contribution >= 4 is 15.9 Å². The molecular formula is C15H27N3O3S. The van der Waals surface area contributed by atoms with Crippen molar-refractivity contribution in [1.29, 1.82) is 0 Å². The number of hydrogen-bond acceptors (Lipinski definition) is 4. The normalized spacial score (nSPS) is 22.6. The van der Waals surface area contributed by atoms with Gasteiger partial charge < -0.3 is 15.5 Å². The highest BCUT2D eigenvalue weighted by atomic mass is 32.2. The lowest BCUT2D eigenvalue weighted by Crippen LogP contribution is -2.45. The maximum absolute atomic E-state index is 12.0. The van der Waals surface area contributed by atoms with Crippen LogP contribution in [0, 0.1) is 5.41 Å². The minimum absolute atomic E-state index is 0.0127. The minimum Gasteiger partial charge on any atom is -0.338 e. The number of carbonyl (C=O) groups excluding carboxylic acids is 1. The second kappa shape index (κ2) is 6.58. The van der Waals surface area contributed by atoms with Gasteiger partial charge in [-0.05, 0) is 38.8 Å². The molecule has 0 saturated heterocycles. The fourth-order valence-electron chi connectivity index (χ4n) is 2.89. The molecule has 1 aliphatic heterocycles. The third-order valence-corrected chi connectivity index (χ3v) is 5.64. The molecule has 2 aliphatic rings. The van der Waals surface area contributed by atoms with Crippen molar-refractivity contribution in [3.63, 3.8) is 0 Å². The van der Waals surface area contributed by atoms with Gasteiger partial charge >= 0.3 is 6.03 Å². The van der Waals surface area contributed by atoms with Crippen molar-refractivity contribution in [2.75, 3.05) is 38.7 Å². The maximum Gasteiger partial charge on any atom is 0.315 e. The summed E-state index contributed by atoms with van der Waals surface area (Å²) in [5.41, 5.74) is 1.02. The molecule has 0 aromatic heterocycles. The van der Waals surface area contributed by atoms with Crippen LogP contribution in [0.25, 0.3) is 0 Å². The van der Waals surface area contributed by atoms with Crippen molar-refractivity contribution in [2.45, 2.75) is 32.2 Å². The predicted molar refractivity (Wildman–Crippen MR) is 87.6 cm³/mol. The maximum atomic E-state index is 12.0. The first-order chi connectivity index (χ1) is 10.2. The summed E-state index contributed by atoms with van der Waals surface area (Å²) in [5, 5.41) is 5.78. The van der Waals surface area contributed by atoms with Gasteiger partial charge in [-0.15, -0.1) is 0 Å². The Labute approximate surface area is 133 Å². The van der Waals surface area contributed by atoms with E-state index in [4.69, 9.17) is 0 Å². The third kappa shape index (κ3) is 5.28. The summed E-state index contributed by atoms with van der Waals surface area (Å²) in [7, 11) is -0.920. The summed E-state index contributed by atoms with van der Waals surface area (Å²) < 4.78 is 22.8. The van der Waals surface area contributed by atoms with Gasteiger partial charge in [-0.25, -0.2) is 13.2 Å². The molecule has 0 spiro atoms. The van der Waals surface area contributed by atoms with Crippen LogP contribution in [0.15, 0.2) is 11.6 Å². The molecule has 1 atom stereocenters. The molecule has 0 bridgehead atoms. The van der Waals surface area contributed by atoms with Crippen molar-refractivity contribution in [1.82, 2.24) is 15.5 Å². The fraction of sp³-hybridized carbons (Fsp3) is 0.800. The Morgan fingerprint density at radius 2 is 2.14 bits per heavy atom. The first kappa shape index (κ1) is 17.3. The number of rotatable bonds is 6. The number of nitrogens with zero attached hydrogens (tertiary/aromatic N) is 1. The van der Waals surface area contributed by atoms with Crippen LogP contribution >= 0.6 is 0 Å². The molecule has 1 unspecified atom stereocenters. The van der Waals surface area contributed by atoms with Gasteiger partial charge in [-0.3, -0.25) is 0 Å². The van der Waals surface area contributed by atoms with Crippen molar-refractivity contribution in [3.8, 4) is 0 Å². The Morgan fingerprint density at radius 1 is 1.45 bits per heavy atom. The quantitative estimate of drug-likeness (QED) is 0.705. The molecule has 0 aromatic carbocycles. The highest BCUT2D eigenvalue weighted by Gasteiger charge is 2.45. The number of nitrogens with one attached hydrogen (secondary N) is 2. The van der Waals surface area contributed by atoms with E-state index in [9.17, 15) is 13.2 Å². The van der Waals surface area contributed by atoms with E-state index in [0.29, 0.717) is 6.54 Å². The molecule has 1 heterocycles. The van der Waals surface area contributed by atoms with Gasteiger partial charge in [0.1, 0.15) is 9.84 Å². The average molecular weight is 329 g/mol. The van der Waals surface area contributed by atoms with Crippen LogP contribution in [0.5, 0.6) is 0 Å². The second-order valence-electron chi connectivity index (χ2n) is 6.91. The van der Waals surface area contributed by atoms with Crippen molar-refractivity contribution < 1.29 is 13.2 Å². The molecule has 1 saturated carbocycles. The van der Waals surface area contributed by atoms with Crippen LogP contribution in [0.2, 0.25) is 0 Å². The summed E-state index contributed by atoms with van der Waals surface area (Å²) in [6.07, 6.45) is 6.12. The summed E-state index contributed by atoms with van der Waals surface area (Å²) in [5.74, 6) is 0.160. The zero-order valence-electron chi connectivity index (χ0n) is 13.7. The van der Waals surface area contributed by atoms with Crippen LogP contribution in [0.3, 0.4) is 0 Å². The summed E-state index contributed by atoms with van der Waals surface area (Å²) in [6.45, 7) is 4.35. The van der Waals surface area contributed by atoms with Crippen LogP contribution < -0.4 is 10.6 Å². The smallest absolute Gasteiger partial charge is 0.315 e. The van der Waals surface area contributed by atoms with Gasteiger partial charge in [0.25, 0.3) is 0 Å². The molecule has 22 heavy (non-hydrogen) atoms. The zero-order chi connectivity index (χ0) is 16.4. The Morgan fingerprint density at radius 3 is 2.64 bits per heavy atom. The van der Waals surface area contributed by atoms with Gasteiger partial charge in [-0.2, -0.15) is 0 Å². The lowest BCUT2D eigenvalue weighted by molar-refractivity contribution is 0.236. The second-order valence-corrected chi connectivity index (χ2v) is 9.05. The standard InChI is InChI=1S/C15H27N3O3S/c1-12(13-4-8-18(2)9-5-13)17-14(19)16-10-15(6-7-15)11-22(3,20)21/h4,12H,5-11H2,1-3H3,(H2,16,17,19). The molecule has 2 rings (SSSR count). The van der Waals surface area contributed by atoms with Gasteiger partial charge in [0.05, 0.1) is 5.75 Å². The van der Waals surface area contributed by atoms with E-state index in [1.54, 1.807) is 0 Å². The molecule has 126 valence electrons. The van der Waals surface area contributed by atoms with Gasteiger partial charge in [-0.1, -0.05) is 6.08 Å². The van der Waals surface area contributed by atoms with Crippen molar-refractivity contribution in [3.05, 3.63) is 11.6 Å². The van der Waals surface area contributed by atoms with E-state index >= 15 is 0 Å². The lowest BCUT2D eigenvalue weighted by Gasteiger charge is -2.26. The Bertz CT molecular complexity index is 552. The van der Waals surface area contributed by atoms with E-state index in [-0.39, 0.29) is 23.2 Å². The van der Waals surface area contributed by atoms with Gasteiger partial charge in [0, 0.05) is 37.3 Å². The Hall–Kier alpha value is -1.08. The summed E-state index contributed by atoms with van der Waals surface area (Å²) in [4.78, 5) is 14.2. The number of hydrogen-bond donors (Lipinski definition) is 2. The van der Waals surface area contributed by atoms with Crippen LogP contribution in [-0.4, -0.2) is 64.1 Å². The topological polar surface area (TPSA) is 78.5 Å². The fourth-order valence-corrected chi connectivity index (χ4v) is 4.40. The highest BCUT2D eigenvalue weighted by molar-refractivity contribution is 7.90. The highest BCUT2D eigenvalue weighted by Crippen LogP contribution is 2.45. The zero-order valence-corrected chi connectivity index (χ0v) is 14.5. The minimum atomic E-state index is -3.00. The summed E-state index contributed by atoms with van der Waals surface area (Å²) >= 11 is 0. The first-order valence-electron chi connectivity index (χ1n) is 7.79. The Kier molecular flexibility index (Phi) is 5.17. The van der Waals surface area contributed by atoms with E-state index in [1.165, 1.54) is 11.8 Å². The Balaban J connectivity index is 1.76. The largest absolute Gasteiger partial charge is 0.338 e. The molecule has 2 N–H and O–H groups in total. The number of likely N-dealkylation sites (N-methyl/N-ethyl adjacent to an activating group) is 1. The van der Waals surface area contributed by atoms with Crippen molar-refractivity contribution in [2.24, 2.45) is 5.41 Å². The molecule has 0 aromatic rings. The third-order valence-electron chi connectivity index (χ3n) is 4.50. The molecule has 6 nitrogen and oxygen atoms in total. The van der Waals surface area contributed by atoms with Gasteiger partial charge in [0.2, 0.25) is 0 Å². The van der Waals surface area contributed by atoms with Gasteiger partial charge in [0.15, 0.2) is 0 Å². The molecule has 0 radical (unpaired) electrons. The molecule has 1 aliphatic carbocycles. The summed E-state index contributed by atoms with van der Waals surface area (Å²) in [6, 6.07) is -0.203. The molecule has 1 fully saturated rings. The van der Waals surface area contributed by atoms with E-state index in [2.05, 4.69) is 28.7 Å². The predicted octanol–water partition coefficient (Wildman–Crippen LogP) is 0.761. The number of urea groups is 1. The number of carbonyl (C=O) groups is 1. The molecule has 7 heteroatoms.